The number of nitrogens with two attached hydrogens (primary N) is 1. The minimum Gasteiger partial charge on any atom is -0.497 e. The second-order valence-corrected chi connectivity index (χ2v) is 5.13. The van der Waals surface area contributed by atoms with Crippen LogP contribution in [0.1, 0.15) is 32.6 Å². The summed E-state index contributed by atoms with van der Waals surface area (Å²) >= 11 is 0. The fraction of sp³-hybridized carbons (Fsp3) is 0.533. The first-order valence-electron chi connectivity index (χ1n) is 7.00. The first kappa shape index (κ1) is 14.7. The number of amides is 1. The van der Waals surface area contributed by atoms with Crippen LogP contribution in [-0.4, -0.2) is 25.2 Å². The molecule has 0 spiro atoms. The van der Waals surface area contributed by atoms with Crippen molar-refractivity contribution in [1.82, 2.24) is 0 Å². The Morgan fingerprint density at radius 2 is 2.10 bits per heavy atom. The fourth-order valence-electron chi connectivity index (χ4n) is 2.39. The first-order valence-corrected chi connectivity index (χ1v) is 7.00. The number of carbonyl (C=O) groups is 1. The number of nitrogen functional groups attached to an aromatic ring is 1. The van der Waals surface area contributed by atoms with Crippen molar-refractivity contribution >= 4 is 17.3 Å². The Bertz CT molecular complexity index is 470. The summed E-state index contributed by atoms with van der Waals surface area (Å²) in [6, 6.07) is 5.17. The van der Waals surface area contributed by atoms with Crippen molar-refractivity contribution in [1.29, 1.82) is 0 Å². The molecule has 5 nitrogen and oxygen atoms in total. The van der Waals surface area contributed by atoms with Gasteiger partial charge in [0.2, 0.25) is 0 Å². The van der Waals surface area contributed by atoms with Crippen LogP contribution in [0.3, 0.4) is 0 Å². The molecule has 2 rings (SSSR count). The van der Waals surface area contributed by atoms with E-state index in [1.165, 1.54) is 12.8 Å². The standard InChI is InChI=1S/C15H22N2O3/c1-10(20-11-5-3-4-6-11)15(18)17-14-8-7-12(19-2)9-13(14)16/h7-11H,3-6,16H2,1-2H3,(H,17,18). The van der Waals surface area contributed by atoms with Crippen LogP contribution in [0.4, 0.5) is 11.4 Å². The van der Waals surface area contributed by atoms with E-state index in [0.29, 0.717) is 17.1 Å². The van der Waals surface area contributed by atoms with Crippen LogP contribution in [0.15, 0.2) is 18.2 Å². The molecule has 20 heavy (non-hydrogen) atoms. The van der Waals surface area contributed by atoms with Crippen LogP contribution in [0.25, 0.3) is 0 Å². The number of methoxy groups -OCH3 is 1. The maximum atomic E-state index is 12.1. The molecular weight excluding hydrogens is 256 g/mol. The molecule has 1 atom stereocenters. The number of anilines is 2. The second-order valence-electron chi connectivity index (χ2n) is 5.13. The monoisotopic (exact) mass is 278 g/mol. The topological polar surface area (TPSA) is 73.6 Å². The molecule has 0 heterocycles. The summed E-state index contributed by atoms with van der Waals surface area (Å²) in [5.74, 6) is 0.490. The zero-order chi connectivity index (χ0) is 14.5. The molecule has 1 saturated carbocycles. The number of hydrogen-bond acceptors (Lipinski definition) is 4. The highest BCUT2D eigenvalue weighted by Gasteiger charge is 2.22. The fourth-order valence-corrected chi connectivity index (χ4v) is 2.39. The van der Waals surface area contributed by atoms with Gasteiger partial charge in [-0.3, -0.25) is 4.79 Å². The normalized spacial score (nSPS) is 16.9. The lowest BCUT2D eigenvalue weighted by Crippen LogP contribution is -2.31. The predicted octanol–water partition coefficient (Wildman–Crippen LogP) is 2.56. The summed E-state index contributed by atoms with van der Waals surface area (Å²) in [5, 5.41) is 2.79. The molecule has 5 heteroatoms. The predicted molar refractivity (Wildman–Crippen MR) is 78.8 cm³/mol. The minimum atomic E-state index is -0.473. The third-order valence-corrected chi connectivity index (χ3v) is 3.58. The Morgan fingerprint density at radius 1 is 1.40 bits per heavy atom. The molecule has 1 aromatic carbocycles. The molecule has 0 aliphatic heterocycles. The Hall–Kier alpha value is -1.75. The third-order valence-electron chi connectivity index (χ3n) is 3.58. The lowest BCUT2D eigenvalue weighted by Gasteiger charge is -2.18. The van der Waals surface area contributed by atoms with Gasteiger partial charge in [-0.2, -0.15) is 0 Å². The van der Waals surface area contributed by atoms with E-state index < -0.39 is 6.10 Å². The van der Waals surface area contributed by atoms with E-state index in [4.69, 9.17) is 15.2 Å². The van der Waals surface area contributed by atoms with Crippen LogP contribution >= 0.6 is 0 Å². The Balaban J connectivity index is 1.92. The molecule has 1 aliphatic rings. The van der Waals surface area contributed by atoms with Crippen molar-refractivity contribution in [2.75, 3.05) is 18.2 Å². The third kappa shape index (κ3) is 3.63. The van der Waals surface area contributed by atoms with E-state index in [0.717, 1.165) is 12.8 Å². The Kier molecular flexibility index (Phi) is 4.84. The van der Waals surface area contributed by atoms with Crippen molar-refractivity contribution < 1.29 is 14.3 Å². The van der Waals surface area contributed by atoms with E-state index in [9.17, 15) is 4.79 Å². The molecular formula is C15H22N2O3. The summed E-state index contributed by atoms with van der Waals surface area (Å²) in [6.07, 6.45) is 4.20. The van der Waals surface area contributed by atoms with Gasteiger partial charge in [-0.25, -0.2) is 0 Å². The van der Waals surface area contributed by atoms with Gasteiger partial charge in [0.25, 0.3) is 5.91 Å². The van der Waals surface area contributed by atoms with Crippen LogP contribution < -0.4 is 15.8 Å². The summed E-state index contributed by atoms with van der Waals surface area (Å²) in [5.41, 5.74) is 6.93. The van der Waals surface area contributed by atoms with Gasteiger partial charge in [-0.15, -0.1) is 0 Å². The summed E-state index contributed by atoms with van der Waals surface area (Å²) in [7, 11) is 1.57. The van der Waals surface area contributed by atoms with Gasteiger partial charge in [-0.05, 0) is 31.9 Å². The SMILES string of the molecule is COc1ccc(NC(=O)C(C)OC2CCCC2)c(N)c1. The number of hydrogen-bond donors (Lipinski definition) is 2. The average molecular weight is 278 g/mol. The van der Waals surface area contributed by atoms with Gasteiger partial charge in [-0.1, -0.05) is 12.8 Å². The molecule has 0 radical (unpaired) electrons. The molecule has 1 aromatic rings. The molecule has 0 bridgehead atoms. The Morgan fingerprint density at radius 3 is 2.70 bits per heavy atom. The quantitative estimate of drug-likeness (QED) is 0.812. The number of nitrogens with one attached hydrogen (secondary N) is 1. The molecule has 1 amide bonds. The van der Waals surface area contributed by atoms with Gasteiger partial charge in [0, 0.05) is 6.07 Å². The largest absolute Gasteiger partial charge is 0.497 e. The maximum absolute atomic E-state index is 12.1. The van der Waals surface area contributed by atoms with Gasteiger partial charge >= 0.3 is 0 Å². The zero-order valence-corrected chi connectivity index (χ0v) is 12.0. The van der Waals surface area contributed by atoms with Crippen molar-refractivity contribution in [2.45, 2.75) is 44.8 Å². The van der Waals surface area contributed by atoms with Crippen molar-refractivity contribution in [3.05, 3.63) is 18.2 Å². The minimum absolute atomic E-state index is 0.172. The molecule has 110 valence electrons. The highest BCUT2D eigenvalue weighted by Crippen LogP contribution is 2.25. The van der Waals surface area contributed by atoms with Crippen LogP contribution in [0.2, 0.25) is 0 Å². The lowest BCUT2D eigenvalue weighted by molar-refractivity contribution is -0.129. The van der Waals surface area contributed by atoms with E-state index >= 15 is 0 Å². The molecule has 0 aromatic heterocycles. The summed E-state index contributed by atoms with van der Waals surface area (Å²) in [6.45, 7) is 1.77. The van der Waals surface area contributed by atoms with Crippen molar-refractivity contribution in [3.8, 4) is 5.75 Å². The van der Waals surface area contributed by atoms with E-state index in [1.807, 2.05) is 0 Å². The second kappa shape index (κ2) is 6.61. The van der Waals surface area contributed by atoms with E-state index in [1.54, 1.807) is 32.2 Å². The van der Waals surface area contributed by atoms with Gasteiger partial charge in [0.15, 0.2) is 0 Å². The molecule has 1 aliphatic carbocycles. The van der Waals surface area contributed by atoms with Crippen LogP contribution in [0.5, 0.6) is 5.75 Å². The van der Waals surface area contributed by atoms with Gasteiger partial charge in [0.1, 0.15) is 11.9 Å². The van der Waals surface area contributed by atoms with Crippen LogP contribution in [-0.2, 0) is 9.53 Å². The smallest absolute Gasteiger partial charge is 0.253 e. The van der Waals surface area contributed by atoms with E-state index in [-0.39, 0.29) is 12.0 Å². The van der Waals surface area contributed by atoms with Gasteiger partial charge in [0.05, 0.1) is 24.6 Å². The van der Waals surface area contributed by atoms with Crippen molar-refractivity contribution in [3.63, 3.8) is 0 Å². The van der Waals surface area contributed by atoms with Crippen LogP contribution in [0, 0.1) is 0 Å². The molecule has 3 N–H and O–H groups in total. The summed E-state index contributed by atoms with van der Waals surface area (Å²) < 4.78 is 10.8. The summed E-state index contributed by atoms with van der Waals surface area (Å²) in [4.78, 5) is 12.1. The number of benzene rings is 1. The number of rotatable bonds is 5. The lowest BCUT2D eigenvalue weighted by atomic mass is 10.2. The highest BCUT2D eigenvalue weighted by atomic mass is 16.5. The Labute approximate surface area is 119 Å². The number of carbonyl (C=O) groups excluding carboxylic acids is 1. The van der Waals surface area contributed by atoms with Crippen molar-refractivity contribution in [2.24, 2.45) is 0 Å². The number of ether oxygens (including phenoxy) is 2. The average Bonchev–Trinajstić information content (AvgIpc) is 2.93. The van der Waals surface area contributed by atoms with E-state index in [2.05, 4.69) is 5.32 Å². The molecule has 0 saturated heterocycles. The highest BCUT2D eigenvalue weighted by molar-refractivity contribution is 5.96. The maximum Gasteiger partial charge on any atom is 0.253 e. The molecule has 1 fully saturated rings. The zero-order valence-electron chi connectivity index (χ0n) is 12.0. The molecule has 1 unspecified atom stereocenters. The van der Waals surface area contributed by atoms with Gasteiger partial charge < -0.3 is 20.5 Å². The first-order chi connectivity index (χ1) is 9.60.